The Morgan fingerprint density at radius 2 is 1.88 bits per heavy atom. The molecule has 34 heavy (non-hydrogen) atoms. The third-order valence-electron chi connectivity index (χ3n) is 4.62. The standard InChI is InChI=1S/C21H12ClF5N4O3/c1-2-33-20(32)16-17(15-11(22)8-28-9-13(15)24)30-34-18(16)10-7-29-31(19(10)21(25,26)27)14-6-4-3-5-12(14)23/h3-9H,2H2,1H3. The maximum atomic E-state index is 14.5. The maximum Gasteiger partial charge on any atom is 0.434 e. The van der Waals surface area contributed by atoms with Gasteiger partial charge in [-0.3, -0.25) is 4.98 Å². The largest absolute Gasteiger partial charge is 0.462 e. The van der Waals surface area contributed by atoms with Crippen LogP contribution in [0, 0.1) is 11.6 Å². The Kier molecular flexibility index (Phi) is 6.09. The van der Waals surface area contributed by atoms with Gasteiger partial charge in [-0.15, -0.1) is 0 Å². The molecule has 0 fully saturated rings. The van der Waals surface area contributed by atoms with Crippen LogP contribution in [0.2, 0.25) is 5.02 Å². The van der Waals surface area contributed by atoms with Crippen molar-refractivity contribution in [3.8, 4) is 28.3 Å². The van der Waals surface area contributed by atoms with E-state index in [1.165, 1.54) is 19.1 Å². The lowest BCUT2D eigenvalue weighted by atomic mass is 10.0. The van der Waals surface area contributed by atoms with Gasteiger partial charge in [0.25, 0.3) is 0 Å². The molecule has 13 heteroatoms. The molecule has 4 rings (SSSR count). The van der Waals surface area contributed by atoms with Gasteiger partial charge in [-0.2, -0.15) is 18.3 Å². The van der Waals surface area contributed by atoms with E-state index < -0.39 is 63.3 Å². The summed E-state index contributed by atoms with van der Waals surface area (Å²) in [5.74, 6) is -3.84. The van der Waals surface area contributed by atoms with Gasteiger partial charge in [0.15, 0.2) is 17.3 Å². The zero-order valence-electron chi connectivity index (χ0n) is 17.0. The van der Waals surface area contributed by atoms with Crippen LogP contribution >= 0.6 is 11.6 Å². The van der Waals surface area contributed by atoms with Crippen LogP contribution in [0.4, 0.5) is 22.0 Å². The minimum Gasteiger partial charge on any atom is -0.462 e. The summed E-state index contributed by atoms with van der Waals surface area (Å²) in [6, 6.07) is 4.67. The molecule has 3 aromatic heterocycles. The Hall–Kier alpha value is -3.80. The van der Waals surface area contributed by atoms with Gasteiger partial charge in [-0.25, -0.2) is 18.3 Å². The number of rotatable bonds is 5. The van der Waals surface area contributed by atoms with E-state index in [-0.39, 0.29) is 11.6 Å². The van der Waals surface area contributed by atoms with E-state index in [9.17, 15) is 26.7 Å². The zero-order valence-corrected chi connectivity index (χ0v) is 17.8. The number of hydrogen-bond donors (Lipinski definition) is 0. The predicted octanol–water partition coefficient (Wildman–Crippen LogP) is 5.72. The highest BCUT2D eigenvalue weighted by molar-refractivity contribution is 6.33. The van der Waals surface area contributed by atoms with Gasteiger partial charge in [0.05, 0.1) is 35.2 Å². The van der Waals surface area contributed by atoms with E-state index in [4.69, 9.17) is 20.9 Å². The molecule has 1 aromatic carbocycles. The van der Waals surface area contributed by atoms with Crippen molar-refractivity contribution in [3.05, 3.63) is 70.8 Å². The Bertz CT molecular complexity index is 1360. The third kappa shape index (κ3) is 4.00. The van der Waals surface area contributed by atoms with Gasteiger partial charge >= 0.3 is 12.1 Å². The number of benzene rings is 1. The minimum absolute atomic E-state index is 0.157. The van der Waals surface area contributed by atoms with Crippen LogP contribution in [0.3, 0.4) is 0 Å². The van der Waals surface area contributed by atoms with E-state index >= 15 is 0 Å². The fourth-order valence-electron chi connectivity index (χ4n) is 3.27. The molecule has 0 N–H and O–H groups in total. The van der Waals surface area contributed by atoms with Crippen LogP contribution in [0.5, 0.6) is 0 Å². The molecule has 0 spiro atoms. The van der Waals surface area contributed by atoms with Crippen molar-refractivity contribution in [2.45, 2.75) is 13.1 Å². The molecule has 0 aliphatic carbocycles. The van der Waals surface area contributed by atoms with E-state index in [0.717, 1.165) is 30.7 Å². The lowest BCUT2D eigenvalue weighted by Crippen LogP contribution is -2.16. The SMILES string of the molecule is CCOC(=O)c1c(-c2c(F)cncc2Cl)noc1-c1cnn(-c2ccccc2F)c1C(F)(F)F. The Morgan fingerprint density at radius 1 is 1.15 bits per heavy atom. The molecule has 0 atom stereocenters. The second-order valence-electron chi connectivity index (χ2n) is 6.70. The van der Waals surface area contributed by atoms with Gasteiger partial charge in [-0.05, 0) is 19.1 Å². The lowest BCUT2D eigenvalue weighted by Gasteiger charge is -2.13. The number of para-hydroxylation sites is 1. The molecular formula is C21H12ClF5N4O3. The molecule has 0 saturated carbocycles. The highest BCUT2D eigenvalue weighted by Gasteiger charge is 2.42. The molecule has 0 bridgehead atoms. The first kappa shape index (κ1) is 23.4. The molecule has 4 aromatic rings. The average molecular weight is 499 g/mol. The van der Waals surface area contributed by atoms with E-state index in [1.807, 2.05) is 0 Å². The molecule has 0 saturated heterocycles. The average Bonchev–Trinajstić information content (AvgIpc) is 3.38. The Balaban J connectivity index is 2.02. The number of esters is 1. The van der Waals surface area contributed by atoms with Crippen molar-refractivity contribution >= 4 is 17.6 Å². The molecule has 0 radical (unpaired) electrons. The first-order valence-electron chi connectivity index (χ1n) is 9.51. The summed E-state index contributed by atoms with van der Waals surface area (Å²) in [6.07, 6.45) is -2.51. The number of carbonyl (C=O) groups excluding carboxylic acids is 1. The predicted molar refractivity (Wildman–Crippen MR) is 108 cm³/mol. The second-order valence-corrected chi connectivity index (χ2v) is 7.11. The fourth-order valence-corrected chi connectivity index (χ4v) is 3.50. The Labute approximate surface area is 192 Å². The van der Waals surface area contributed by atoms with Crippen LogP contribution in [-0.4, -0.2) is 32.5 Å². The number of hydrogen-bond acceptors (Lipinski definition) is 6. The molecule has 3 heterocycles. The number of nitrogens with zero attached hydrogens (tertiary/aromatic N) is 4. The number of alkyl halides is 3. The monoisotopic (exact) mass is 498 g/mol. The first-order valence-corrected chi connectivity index (χ1v) is 9.89. The molecule has 0 unspecified atom stereocenters. The van der Waals surface area contributed by atoms with Gasteiger partial charge in [0.2, 0.25) is 0 Å². The quantitative estimate of drug-likeness (QED) is 0.259. The summed E-state index contributed by atoms with van der Waals surface area (Å²) < 4.78 is 81.5. The molecular weight excluding hydrogens is 487 g/mol. The summed E-state index contributed by atoms with van der Waals surface area (Å²) in [5, 5.41) is 6.99. The zero-order chi connectivity index (χ0) is 24.6. The van der Waals surface area contributed by atoms with Gasteiger partial charge in [0.1, 0.15) is 22.8 Å². The Morgan fingerprint density at radius 3 is 2.53 bits per heavy atom. The highest BCUT2D eigenvalue weighted by Crippen LogP contribution is 2.43. The van der Waals surface area contributed by atoms with Crippen molar-refractivity contribution in [1.29, 1.82) is 0 Å². The highest BCUT2D eigenvalue weighted by atomic mass is 35.5. The molecule has 0 aliphatic rings. The fraction of sp³-hybridized carbons (Fsp3) is 0.143. The van der Waals surface area contributed by atoms with E-state index in [2.05, 4.69) is 15.2 Å². The number of pyridine rings is 1. The van der Waals surface area contributed by atoms with Crippen molar-refractivity contribution in [3.63, 3.8) is 0 Å². The summed E-state index contributed by atoms with van der Waals surface area (Å²) in [5.41, 5.74) is -4.24. The van der Waals surface area contributed by atoms with Crippen LogP contribution in [0.15, 0.2) is 47.4 Å². The van der Waals surface area contributed by atoms with E-state index in [0.29, 0.717) is 4.68 Å². The van der Waals surface area contributed by atoms with Gasteiger partial charge in [0, 0.05) is 6.20 Å². The van der Waals surface area contributed by atoms with Crippen LogP contribution < -0.4 is 0 Å². The molecule has 0 aliphatic heterocycles. The molecule has 7 nitrogen and oxygen atoms in total. The molecule has 0 amide bonds. The molecule has 176 valence electrons. The van der Waals surface area contributed by atoms with Crippen LogP contribution in [-0.2, 0) is 10.9 Å². The van der Waals surface area contributed by atoms with Crippen molar-refractivity contribution in [1.82, 2.24) is 19.9 Å². The van der Waals surface area contributed by atoms with Crippen molar-refractivity contribution < 1.29 is 36.0 Å². The number of carbonyl (C=O) groups is 1. The lowest BCUT2D eigenvalue weighted by molar-refractivity contribution is -0.142. The van der Waals surface area contributed by atoms with Crippen molar-refractivity contribution in [2.24, 2.45) is 0 Å². The number of ether oxygens (including phenoxy) is 1. The first-order chi connectivity index (χ1) is 16.1. The third-order valence-corrected chi connectivity index (χ3v) is 4.91. The summed E-state index contributed by atoms with van der Waals surface area (Å²) in [4.78, 5) is 16.3. The smallest absolute Gasteiger partial charge is 0.434 e. The summed E-state index contributed by atoms with van der Waals surface area (Å²) in [6.45, 7) is 1.30. The van der Waals surface area contributed by atoms with E-state index in [1.54, 1.807) is 0 Å². The minimum atomic E-state index is -5.08. The number of aromatic nitrogens is 4. The maximum absolute atomic E-state index is 14.5. The summed E-state index contributed by atoms with van der Waals surface area (Å²) >= 11 is 6.00. The second kappa shape index (κ2) is 8.86. The van der Waals surface area contributed by atoms with Gasteiger partial charge in [-0.1, -0.05) is 28.9 Å². The van der Waals surface area contributed by atoms with Crippen LogP contribution in [0.1, 0.15) is 23.0 Å². The normalized spacial score (nSPS) is 11.6. The number of halogens is 6. The van der Waals surface area contributed by atoms with Crippen LogP contribution in [0.25, 0.3) is 28.3 Å². The topological polar surface area (TPSA) is 83.0 Å². The van der Waals surface area contributed by atoms with Crippen molar-refractivity contribution in [2.75, 3.05) is 6.61 Å². The summed E-state index contributed by atoms with van der Waals surface area (Å²) in [7, 11) is 0. The van der Waals surface area contributed by atoms with Gasteiger partial charge < -0.3 is 9.26 Å².